The smallest absolute Gasteiger partial charge is 0.226 e. The first kappa shape index (κ1) is 18.0. The van der Waals surface area contributed by atoms with Crippen LogP contribution in [-0.4, -0.2) is 36.6 Å². The number of nitrogens with zero attached hydrogens (tertiary/aromatic N) is 1. The summed E-state index contributed by atoms with van der Waals surface area (Å²) in [4.78, 5) is 34.8. The van der Waals surface area contributed by atoms with Gasteiger partial charge in [-0.2, -0.15) is 0 Å². The molecule has 0 bridgehead atoms. The number of benzene rings is 1. The van der Waals surface area contributed by atoms with Gasteiger partial charge in [0.1, 0.15) is 6.29 Å². The van der Waals surface area contributed by atoms with E-state index in [9.17, 15) is 14.4 Å². The molecule has 0 spiro atoms. The molecule has 0 heterocycles. The molecule has 22 heavy (non-hydrogen) atoms. The zero-order valence-electron chi connectivity index (χ0n) is 13.5. The number of rotatable bonds is 9. The fraction of sp³-hybridized carbons (Fsp3) is 0.471. The summed E-state index contributed by atoms with van der Waals surface area (Å²) in [5.41, 5.74) is 2.91. The Morgan fingerprint density at radius 1 is 1.36 bits per heavy atom. The van der Waals surface area contributed by atoms with Crippen LogP contribution in [0.3, 0.4) is 0 Å². The molecule has 1 atom stereocenters. The van der Waals surface area contributed by atoms with Crippen LogP contribution in [0.15, 0.2) is 18.2 Å². The van der Waals surface area contributed by atoms with E-state index >= 15 is 0 Å². The van der Waals surface area contributed by atoms with Crippen LogP contribution in [0.1, 0.15) is 48.2 Å². The van der Waals surface area contributed by atoms with E-state index in [1.807, 2.05) is 26.1 Å². The van der Waals surface area contributed by atoms with E-state index in [-0.39, 0.29) is 11.9 Å². The third-order valence-corrected chi connectivity index (χ3v) is 3.92. The molecule has 1 rings (SSSR count). The van der Waals surface area contributed by atoms with E-state index in [1.54, 1.807) is 0 Å². The summed E-state index contributed by atoms with van der Waals surface area (Å²) in [7, 11) is 1.97. The molecule has 1 N–H and O–H groups in total. The predicted octanol–water partition coefficient (Wildman–Crippen LogP) is 1.93. The van der Waals surface area contributed by atoms with Gasteiger partial charge in [-0.3, -0.25) is 24.6 Å². The maximum atomic E-state index is 11.3. The highest BCUT2D eigenvalue weighted by Crippen LogP contribution is 2.16. The molecule has 1 aromatic carbocycles. The number of carbonyl (C=O) groups excluding carboxylic acids is 3. The quantitative estimate of drug-likeness (QED) is 0.708. The summed E-state index contributed by atoms with van der Waals surface area (Å²) in [6.45, 7) is 4.76. The molecule has 2 amide bonds. The average molecular weight is 304 g/mol. The average Bonchev–Trinajstić information content (AvgIpc) is 2.52. The molecule has 0 aliphatic rings. The van der Waals surface area contributed by atoms with Crippen LogP contribution in [0.2, 0.25) is 0 Å². The van der Waals surface area contributed by atoms with E-state index in [0.29, 0.717) is 31.4 Å². The van der Waals surface area contributed by atoms with Gasteiger partial charge >= 0.3 is 0 Å². The molecule has 0 aromatic heterocycles. The lowest BCUT2D eigenvalue weighted by Crippen LogP contribution is -2.31. The van der Waals surface area contributed by atoms with Crippen molar-refractivity contribution in [1.29, 1.82) is 0 Å². The molecule has 0 saturated carbocycles. The van der Waals surface area contributed by atoms with Crippen molar-refractivity contribution in [2.24, 2.45) is 0 Å². The third-order valence-electron chi connectivity index (χ3n) is 3.92. The first-order chi connectivity index (χ1) is 10.5. The molecule has 1 aromatic rings. The zero-order chi connectivity index (χ0) is 16.5. The van der Waals surface area contributed by atoms with E-state index in [4.69, 9.17) is 0 Å². The van der Waals surface area contributed by atoms with Gasteiger partial charge in [0.05, 0.1) is 0 Å². The number of hydrogen-bond acceptors (Lipinski definition) is 4. The van der Waals surface area contributed by atoms with Crippen molar-refractivity contribution in [2.45, 2.75) is 45.7 Å². The zero-order valence-corrected chi connectivity index (χ0v) is 13.5. The van der Waals surface area contributed by atoms with Gasteiger partial charge in [-0.25, -0.2) is 0 Å². The summed E-state index contributed by atoms with van der Waals surface area (Å²) in [5, 5.41) is 2.14. The molecule has 0 saturated heterocycles. The number of nitrogens with one attached hydrogen (secondary N) is 1. The lowest BCUT2D eigenvalue weighted by atomic mass is 10.0. The van der Waals surface area contributed by atoms with Gasteiger partial charge in [-0.1, -0.05) is 25.1 Å². The van der Waals surface area contributed by atoms with Gasteiger partial charge in [0, 0.05) is 24.6 Å². The highest BCUT2D eigenvalue weighted by Gasteiger charge is 2.13. The second-order valence-corrected chi connectivity index (χ2v) is 5.49. The van der Waals surface area contributed by atoms with Crippen molar-refractivity contribution < 1.29 is 14.4 Å². The van der Waals surface area contributed by atoms with Crippen molar-refractivity contribution in [1.82, 2.24) is 10.2 Å². The Kier molecular flexibility index (Phi) is 7.46. The summed E-state index contributed by atoms with van der Waals surface area (Å²) >= 11 is 0. The van der Waals surface area contributed by atoms with Crippen molar-refractivity contribution in [3.8, 4) is 0 Å². The Labute approximate surface area is 131 Å². The number of amides is 2. The number of carbonyl (C=O) groups is 3. The Balaban J connectivity index is 2.66. The molecule has 0 radical (unpaired) electrons. The van der Waals surface area contributed by atoms with Crippen LogP contribution in [0.4, 0.5) is 0 Å². The minimum Gasteiger partial charge on any atom is -0.299 e. The molecular weight excluding hydrogens is 280 g/mol. The van der Waals surface area contributed by atoms with Gasteiger partial charge in [0.25, 0.3) is 0 Å². The largest absolute Gasteiger partial charge is 0.299 e. The van der Waals surface area contributed by atoms with Crippen LogP contribution in [0.5, 0.6) is 0 Å². The van der Waals surface area contributed by atoms with E-state index in [1.165, 1.54) is 5.56 Å². The number of aryl methyl sites for hydroxylation is 1. The summed E-state index contributed by atoms with van der Waals surface area (Å²) in [5.74, 6) is -0.267. The third kappa shape index (κ3) is 5.41. The van der Waals surface area contributed by atoms with Gasteiger partial charge in [-0.05, 0) is 37.9 Å². The fourth-order valence-corrected chi connectivity index (χ4v) is 2.25. The van der Waals surface area contributed by atoms with Crippen LogP contribution in [0, 0.1) is 0 Å². The first-order valence-electron chi connectivity index (χ1n) is 7.52. The Morgan fingerprint density at radius 2 is 2.09 bits per heavy atom. The van der Waals surface area contributed by atoms with Crippen LogP contribution < -0.4 is 5.32 Å². The highest BCUT2D eigenvalue weighted by molar-refractivity contribution is 5.85. The first-order valence-corrected chi connectivity index (χ1v) is 7.52. The normalized spacial score (nSPS) is 12.0. The summed E-state index contributed by atoms with van der Waals surface area (Å²) < 4.78 is 0. The maximum absolute atomic E-state index is 11.3. The Hall–Kier alpha value is -2.01. The molecule has 5 nitrogen and oxygen atoms in total. The summed E-state index contributed by atoms with van der Waals surface area (Å²) in [6, 6.07) is 6.06. The molecule has 1 unspecified atom stereocenters. The number of imide groups is 1. The van der Waals surface area contributed by atoms with Gasteiger partial charge in [-0.15, -0.1) is 0 Å². The Morgan fingerprint density at radius 3 is 2.68 bits per heavy atom. The van der Waals surface area contributed by atoms with Gasteiger partial charge in [0.2, 0.25) is 12.3 Å². The van der Waals surface area contributed by atoms with Crippen molar-refractivity contribution >= 4 is 18.6 Å². The molecule has 5 heteroatoms. The standard InChI is InChI=1S/C17H24N2O3/c1-4-14-6-7-15(11-20)16(9-14)10-19(3)13(2)5-8-17(22)18-12-21/h6-7,9,11-13H,4-5,8,10H2,1-3H3,(H,18,21,22). The molecule has 0 aliphatic heterocycles. The van der Waals surface area contributed by atoms with Crippen molar-refractivity contribution in [2.75, 3.05) is 7.05 Å². The Bertz CT molecular complexity index is 529. The van der Waals surface area contributed by atoms with Crippen LogP contribution in [-0.2, 0) is 22.6 Å². The van der Waals surface area contributed by atoms with Crippen molar-refractivity contribution in [3.05, 3.63) is 34.9 Å². The fourth-order valence-electron chi connectivity index (χ4n) is 2.25. The van der Waals surface area contributed by atoms with Gasteiger partial charge < -0.3 is 0 Å². The van der Waals surface area contributed by atoms with Crippen molar-refractivity contribution in [3.63, 3.8) is 0 Å². The minimum atomic E-state index is -0.267. The van der Waals surface area contributed by atoms with E-state index in [2.05, 4.69) is 23.2 Å². The minimum absolute atomic E-state index is 0.169. The van der Waals surface area contributed by atoms with E-state index < -0.39 is 0 Å². The SMILES string of the molecule is CCc1ccc(C=O)c(CN(C)C(C)CCC(=O)NC=O)c1. The van der Waals surface area contributed by atoms with Crippen LogP contribution in [0.25, 0.3) is 0 Å². The second-order valence-electron chi connectivity index (χ2n) is 5.49. The molecule has 120 valence electrons. The predicted molar refractivity (Wildman–Crippen MR) is 85.6 cm³/mol. The number of hydrogen-bond donors (Lipinski definition) is 1. The second kappa shape index (κ2) is 9.10. The molecule has 0 fully saturated rings. The topological polar surface area (TPSA) is 66.5 Å². The molecular formula is C17H24N2O3. The molecule has 0 aliphatic carbocycles. The number of aldehydes is 1. The lowest BCUT2D eigenvalue weighted by molar-refractivity contribution is -0.125. The van der Waals surface area contributed by atoms with Gasteiger partial charge in [0.15, 0.2) is 0 Å². The van der Waals surface area contributed by atoms with E-state index in [0.717, 1.165) is 18.3 Å². The lowest BCUT2D eigenvalue weighted by Gasteiger charge is -2.25. The highest BCUT2D eigenvalue weighted by atomic mass is 16.2. The monoisotopic (exact) mass is 304 g/mol. The summed E-state index contributed by atoms with van der Waals surface area (Å²) in [6.07, 6.45) is 3.17. The van der Waals surface area contributed by atoms with Crippen LogP contribution >= 0.6 is 0 Å². The maximum Gasteiger partial charge on any atom is 0.226 e.